The Morgan fingerprint density at radius 1 is 1.18 bits per heavy atom. The van der Waals surface area contributed by atoms with Gasteiger partial charge in [0.05, 0.1) is 12.4 Å². The number of benzene rings is 1. The Balaban J connectivity index is 2.32. The number of unbranched alkanes of at least 4 members (excludes halogenated alkanes) is 1. The molecule has 0 aliphatic heterocycles. The highest BCUT2D eigenvalue weighted by atomic mass is 32.3. The Kier molecular flexibility index (Phi) is 4.80. The van der Waals surface area contributed by atoms with Crippen LogP contribution in [0.25, 0.3) is 0 Å². The van der Waals surface area contributed by atoms with E-state index in [1.807, 2.05) is 0 Å². The van der Waals surface area contributed by atoms with Crippen molar-refractivity contribution in [1.82, 2.24) is 0 Å². The van der Waals surface area contributed by atoms with E-state index in [1.54, 1.807) is 0 Å². The summed E-state index contributed by atoms with van der Waals surface area (Å²) in [5.41, 5.74) is 0. The van der Waals surface area contributed by atoms with Crippen LogP contribution < -0.4 is 4.74 Å². The van der Waals surface area contributed by atoms with Crippen LogP contribution in [0.4, 0.5) is 12.7 Å². The van der Waals surface area contributed by atoms with Crippen LogP contribution in [0.15, 0.2) is 18.2 Å². The Morgan fingerprint density at radius 2 is 1.88 bits per heavy atom. The molecule has 0 N–H and O–H groups in total. The molecular weight excluding hydrogens is 257 g/mol. The lowest BCUT2D eigenvalue weighted by atomic mass is 10.3. The second-order valence-electron chi connectivity index (χ2n) is 3.37. The van der Waals surface area contributed by atoms with Crippen LogP contribution in [0.1, 0.15) is 12.8 Å². The zero-order valence-electron chi connectivity index (χ0n) is 8.83. The van der Waals surface area contributed by atoms with E-state index in [0.717, 1.165) is 12.1 Å². The highest BCUT2D eigenvalue weighted by Crippen LogP contribution is 2.17. The van der Waals surface area contributed by atoms with Gasteiger partial charge in [-0.1, -0.05) is 0 Å². The van der Waals surface area contributed by atoms with Gasteiger partial charge in [-0.2, -0.15) is 8.42 Å². The Hall–Kier alpha value is -1.24. The minimum atomic E-state index is -4.46. The number of halogens is 3. The highest BCUT2D eigenvalue weighted by Gasteiger charge is 2.07. The first-order chi connectivity index (χ1) is 7.88. The van der Waals surface area contributed by atoms with Gasteiger partial charge in [-0.15, -0.1) is 3.89 Å². The molecule has 0 heterocycles. The number of hydrogen-bond donors (Lipinski definition) is 0. The van der Waals surface area contributed by atoms with Gasteiger partial charge in [-0.05, 0) is 25.0 Å². The first-order valence-corrected chi connectivity index (χ1v) is 6.44. The molecule has 0 bridgehead atoms. The Labute approximate surface area is 97.4 Å². The van der Waals surface area contributed by atoms with Gasteiger partial charge in [0, 0.05) is 6.07 Å². The van der Waals surface area contributed by atoms with Gasteiger partial charge in [-0.25, -0.2) is 8.78 Å². The largest absolute Gasteiger partial charge is 0.491 e. The summed E-state index contributed by atoms with van der Waals surface area (Å²) in [6.07, 6.45) is 0.349. The molecule has 0 saturated heterocycles. The average Bonchev–Trinajstić information content (AvgIpc) is 2.18. The van der Waals surface area contributed by atoms with E-state index in [9.17, 15) is 21.1 Å². The molecule has 1 aromatic rings. The van der Waals surface area contributed by atoms with E-state index in [2.05, 4.69) is 0 Å². The van der Waals surface area contributed by atoms with Crippen molar-refractivity contribution in [1.29, 1.82) is 0 Å². The second-order valence-corrected chi connectivity index (χ2v) is 4.86. The maximum atomic E-state index is 13.0. The van der Waals surface area contributed by atoms with Crippen molar-refractivity contribution in [3.05, 3.63) is 29.8 Å². The lowest BCUT2D eigenvalue weighted by molar-refractivity contribution is 0.293. The summed E-state index contributed by atoms with van der Waals surface area (Å²) >= 11 is 0. The Bertz CT molecular complexity index is 474. The van der Waals surface area contributed by atoms with Crippen LogP contribution >= 0.6 is 0 Å². The summed E-state index contributed by atoms with van der Waals surface area (Å²) in [7, 11) is -4.46. The zero-order chi connectivity index (χ0) is 12.9. The molecule has 0 unspecified atom stereocenters. The van der Waals surface area contributed by atoms with E-state index < -0.39 is 27.6 Å². The highest BCUT2D eigenvalue weighted by molar-refractivity contribution is 7.86. The van der Waals surface area contributed by atoms with Crippen LogP contribution in [0, 0.1) is 11.6 Å². The minimum absolute atomic E-state index is 0.0398. The second kappa shape index (κ2) is 5.90. The van der Waals surface area contributed by atoms with Crippen molar-refractivity contribution < 1.29 is 25.8 Å². The molecule has 3 nitrogen and oxygen atoms in total. The average molecular weight is 268 g/mol. The molecule has 0 aromatic heterocycles. The molecule has 0 aliphatic rings. The SMILES string of the molecule is O=S(=O)(F)CCCCOc1ccc(F)cc1F. The third-order valence-electron chi connectivity index (χ3n) is 1.93. The van der Waals surface area contributed by atoms with Gasteiger partial charge in [0.15, 0.2) is 11.6 Å². The molecule has 0 fully saturated rings. The van der Waals surface area contributed by atoms with Crippen LogP contribution in [-0.4, -0.2) is 20.8 Å². The predicted molar refractivity (Wildman–Crippen MR) is 56.0 cm³/mol. The lowest BCUT2D eigenvalue weighted by Crippen LogP contribution is -2.03. The summed E-state index contributed by atoms with van der Waals surface area (Å²) in [6.45, 7) is 0.0398. The third kappa shape index (κ3) is 5.58. The minimum Gasteiger partial charge on any atom is -0.491 e. The van der Waals surface area contributed by atoms with Gasteiger partial charge in [-0.3, -0.25) is 0 Å². The molecular formula is C10H11F3O3S. The van der Waals surface area contributed by atoms with E-state index in [0.29, 0.717) is 6.07 Å². The van der Waals surface area contributed by atoms with Gasteiger partial charge in [0.1, 0.15) is 5.82 Å². The first-order valence-electron chi connectivity index (χ1n) is 4.89. The maximum absolute atomic E-state index is 13.0. The van der Waals surface area contributed by atoms with Gasteiger partial charge in [0.2, 0.25) is 0 Å². The van der Waals surface area contributed by atoms with Crippen LogP contribution in [-0.2, 0) is 10.2 Å². The summed E-state index contributed by atoms with van der Waals surface area (Å²) < 4.78 is 62.9. The molecule has 0 amide bonds. The molecule has 1 rings (SSSR count). The zero-order valence-corrected chi connectivity index (χ0v) is 9.64. The molecule has 0 spiro atoms. The van der Waals surface area contributed by atoms with Crippen molar-refractivity contribution in [3.8, 4) is 5.75 Å². The first kappa shape index (κ1) is 13.8. The van der Waals surface area contributed by atoms with E-state index >= 15 is 0 Å². The van der Waals surface area contributed by atoms with Crippen molar-refractivity contribution >= 4 is 10.2 Å². The molecule has 17 heavy (non-hydrogen) atoms. The molecule has 0 aliphatic carbocycles. The van der Waals surface area contributed by atoms with Crippen LogP contribution in [0.2, 0.25) is 0 Å². The van der Waals surface area contributed by atoms with Crippen LogP contribution in [0.5, 0.6) is 5.75 Å². The normalized spacial score (nSPS) is 11.5. The molecule has 1 aromatic carbocycles. The molecule has 0 atom stereocenters. The van der Waals surface area contributed by atoms with Crippen molar-refractivity contribution in [2.24, 2.45) is 0 Å². The maximum Gasteiger partial charge on any atom is 0.302 e. The monoisotopic (exact) mass is 268 g/mol. The number of rotatable bonds is 6. The Morgan fingerprint density at radius 3 is 2.47 bits per heavy atom. The molecule has 0 saturated carbocycles. The van der Waals surface area contributed by atoms with Crippen molar-refractivity contribution in [2.75, 3.05) is 12.4 Å². The van der Waals surface area contributed by atoms with Gasteiger partial charge < -0.3 is 4.74 Å². The van der Waals surface area contributed by atoms with E-state index in [4.69, 9.17) is 4.74 Å². The smallest absolute Gasteiger partial charge is 0.302 e. The quantitative estimate of drug-likeness (QED) is 0.588. The van der Waals surface area contributed by atoms with Crippen molar-refractivity contribution in [2.45, 2.75) is 12.8 Å². The predicted octanol–water partition coefficient (Wildman–Crippen LogP) is 2.42. The standard InChI is InChI=1S/C10H11F3O3S/c11-8-3-4-10(9(12)7-8)16-5-1-2-6-17(13,14)15/h3-4,7H,1-2,5-6H2. The van der Waals surface area contributed by atoms with Crippen LogP contribution in [0.3, 0.4) is 0 Å². The molecule has 7 heteroatoms. The topological polar surface area (TPSA) is 43.4 Å². The number of hydrogen-bond acceptors (Lipinski definition) is 3. The lowest BCUT2D eigenvalue weighted by Gasteiger charge is -2.06. The third-order valence-corrected chi connectivity index (χ3v) is 2.71. The molecule has 0 radical (unpaired) electrons. The number of ether oxygens (including phenoxy) is 1. The van der Waals surface area contributed by atoms with Crippen molar-refractivity contribution in [3.63, 3.8) is 0 Å². The summed E-state index contributed by atoms with van der Waals surface area (Å²) in [5.74, 6) is -2.24. The summed E-state index contributed by atoms with van der Waals surface area (Å²) in [6, 6.07) is 2.86. The fraction of sp³-hybridized carbons (Fsp3) is 0.400. The van der Waals surface area contributed by atoms with Gasteiger partial charge >= 0.3 is 10.2 Å². The van der Waals surface area contributed by atoms with E-state index in [-0.39, 0.29) is 25.2 Å². The van der Waals surface area contributed by atoms with E-state index in [1.165, 1.54) is 0 Å². The fourth-order valence-electron chi connectivity index (χ4n) is 1.15. The summed E-state index contributed by atoms with van der Waals surface area (Å²) in [5, 5.41) is 0. The fourth-order valence-corrected chi connectivity index (χ4v) is 1.70. The van der Waals surface area contributed by atoms with Gasteiger partial charge in [0.25, 0.3) is 0 Å². The summed E-state index contributed by atoms with van der Waals surface area (Å²) in [4.78, 5) is 0. The molecule has 96 valence electrons.